The summed E-state index contributed by atoms with van der Waals surface area (Å²) in [7, 11) is 0. The van der Waals surface area contributed by atoms with Crippen LogP contribution in [-0.2, 0) is 0 Å². The monoisotopic (exact) mass is 405 g/mol. The summed E-state index contributed by atoms with van der Waals surface area (Å²) in [5, 5.41) is 7.61. The summed E-state index contributed by atoms with van der Waals surface area (Å²) >= 11 is 8.39. The third kappa shape index (κ3) is 3.66. The molecular weight excluding hydrogens is 393 g/mol. The maximum absolute atomic E-state index is 13.7. The first-order valence-electron chi connectivity index (χ1n) is 6.03. The van der Waals surface area contributed by atoms with Crippen molar-refractivity contribution in [3.8, 4) is 0 Å². The summed E-state index contributed by atoms with van der Waals surface area (Å²) in [4.78, 5) is 0. The largest absolute Gasteiger partial charge is 0.306 e. The second-order valence-electron chi connectivity index (χ2n) is 4.24. The van der Waals surface area contributed by atoms with Crippen molar-refractivity contribution in [2.45, 2.75) is 19.4 Å². The zero-order valence-corrected chi connectivity index (χ0v) is 14.4. The fraction of sp³-hybridized carbons (Fsp3) is 0.286. The van der Waals surface area contributed by atoms with Crippen molar-refractivity contribution in [2.24, 2.45) is 0 Å². The average molecular weight is 407 g/mol. The summed E-state index contributed by atoms with van der Waals surface area (Å²) < 4.78 is 15.3. The second kappa shape index (κ2) is 6.97. The third-order valence-corrected chi connectivity index (χ3v) is 5.22. The second-order valence-corrected chi connectivity index (χ2v) is 6.69. The Morgan fingerprint density at radius 1 is 1.26 bits per heavy atom. The van der Waals surface area contributed by atoms with Crippen LogP contribution in [0.15, 0.2) is 37.9 Å². The van der Waals surface area contributed by atoms with E-state index < -0.39 is 0 Å². The highest BCUT2D eigenvalue weighted by atomic mass is 79.9. The number of thiophene rings is 1. The van der Waals surface area contributed by atoms with E-state index in [2.05, 4.69) is 49.5 Å². The van der Waals surface area contributed by atoms with Gasteiger partial charge in [0, 0.05) is 9.85 Å². The molecule has 1 aromatic heterocycles. The summed E-state index contributed by atoms with van der Waals surface area (Å²) in [6.45, 7) is 3.01. The quantitative estimate of drug-likeness (QED) is 0.690. The van der Waals surface area contributed by atoms with E-state index in [4.69, 9.17) is 0 Å². The molecule has 1 atom stereocenters. The van der Waals surface area contributed by atoms with Gasteiger partial charge in [-0.15, -0.1) is 0 Å². The standard InChI is InChI=1S/C14H14Br2FNS/c1-2-5-18-14(10-7-19-8-12(10)16)9-3-4-11(15)13(17)6-9/h3-4,6-8,14,18H,2,5H2,1H3. The van der Waals surface area contributed by atoms with Crippen molar-refractivity contribution in [2.75, 3.05) is 6.54 Å². The molecule has 0 fully saturated rings. The Morgan fingerprint density at radius 3 is 2.63 bits per heavy atom. The fourth-order valence-electron chi connectivity index (χ4n) is 1.89. The number of benzene rings is 1. The van der Waals surface area contributed by atoms with E-state index in [1.165, 1.54) is 0 Å². The maximum atomic E-state index is 13.7. The van der Waals surface area contributed by atoms with Crippen LogP contribution < -0.4 is 5.32 Å². The zero-order chi connectivity index (χ0) is 13.8. The molecule has 0 aliphatic carbocycles. The number of nitrogens with one attached hydrogen (secondary N) is 1. The molecule has 0 radical (unpaired) electrons. The highest BCUT2D eigenvalue weighted by Gasteiger charge is 2.18. The van der Waals surface area contributed by atoms with E-state index in [0.29, 0.717) is 4.47 Å². The van der Waals surface area contributed by atoms with Gasteiger partial charge in [0.2, 0.25) is 0 Å². The van der Waals surface area contributed by atoms with Crippen LogP contribution in [-0.4, -0.2) is 6.54 Å². The van der Waals surface area contributed by atoms with E-state index >= 15 is 0 Å². The smallest absolute Gasteiger partial charge is 0.137 e. The number of rotatable bonds is 5. The van der Waals surface area contributed by atoms with Crippen LogP contribution in [0.2, 0.25) is 0 Å². The van der Waals surface area contributed by atoms with Crippen LogP contribution in [0.25, 0.3) is 0 Å². The molecule has 0 aliphatic rings. The minimum atomic E-state index is -0.229. The molecule has 1 aromatic carbocycles. The summed E-state index contributed by atoms with van der Waals surface area (Å²) in [5.74, 6) is -0.229. The SMILES string of the molecule is CCCNC(c1ccc(Br)c(F)c1)c1cscc1Br. The van der Waals surface area contributed by atoms with Gasteiger partial charge in [-0.1, -0.05) is 13.0 Å². The summed E-state index contributed by atoms with van der Waals surface area (Å²) in [6.07, 6.45) is 1.04. The van der Waals surface area contributed by atoms with Crippen LogP contribution in [0.4, 0.5) is 4.39 Å². The van der Waals surface area contributed by atoms with Crippen molar-refractivity contribution < 1.29 is 4.39 Å². The van der Waals surface area contributed by atoms with E-state index in [9.17, 15) is 4.39 Å². The minimum absolute atomic E-state index is 0.0168. The molecule has 1 nitrogen and oxygen atoms in total. The summed E-state index contributed by atoms with van der Waals surface area (Å²) in [6, 6.07) is 5.31. The van der Waals surface area contributed by atoms with E-state index in [0.717, 1.165) is 28.6 Å². The molecule has 1 heterocycles. The van der Waals surface area contributed by atoms with Crippen LogP contribution in [0.3, 0.4) is 0 Å². The third-order valence-electron chi connectivity index (χ3n) is 2.83. The Morgan fingerprint density at radius 2 is 2.05 bits per heavy atom. The van der Waals surface area contributed by atoms with Gasteiger partial charge >= 0.3 is 0 Å². The van der Waals surface area contributed by atoms with Crippen molar-refractivity contribution in [1.29, 1.82) is 0 Å². The first kappa shape index (κ1) is 15.2. The Balaban J connectivity index is 2.37. The number of halogens is 3. The molecular formula is C14H14Br2FNS. The van der Waals surface area contributed by atoms with E-state index in [1.807, 2.05) is 11.4 Å². The van der Waals surface area contributed by atoms with Gasteiger partial charge in [-0.05, 0) is 73.5 Å². The van der Waals surface area contributed by atoms with Crippen molar-refractivity contribution in [1.82, 2.24) is 5.32 Å². The molecule has 19 heavy (non-hydrogen) atoms. The first-order chi connectivity index (χ1) is 9.13. The van der Waals surface area contributed by atoms with Crippen LogP contribution in [0.1, 0.15) is 30.5 Å². The average Bonchev–Trinajstić information content (AvgIpc) is 2.80. The van der Waals surface area contributed by atoms with Crippen LogP contribution in [0, 0.1) is 5.82 Å². The van der Waals surface area contributed by atoms with Crippen LogP contribution >= 0.6 is 43.2 Å². The molecule has 2 aromatic rings. The lowest BCUT2D eigenvalue weighted by Crippen LogP contribution is -2.23. The molecule has 102 valence electrons. The fourth-order valence-corrected chi connectivity index (χ4v) is 3.68. The maximum Gasteiger partial charge on any atom is 0.137 e. The van der Waals surface area contributed by atoms with Gasteiger partial charge in [-0.3, -0.25) is 0 Å². The molecule has 1 unspecified atom stereocenters. The van der Waals surface area contributed by atoms with Crippen molar-refractivity contribution in [3.63, 3.8) is 0 Å². The predicted octanol–water partition coefficient (Wildman–Crippen LogP) is 5.50. The highest BCUT2D eigenvalue weighted by Crippen LogP contribution is 2.32. The lowest BCUT2D eigenvalue weighted by Gasteiger charge is -2.19. The van der Waals surface area contributed by atoms with E-state index in [-0.39, 0.29) is 11.9 Å². The van der Waals surface area contributed by atoms with Gasteiger partial charge in [0.1, 0.15) is 5.82 Å². The molecule has 0 aliphatic heterocycles. The molecule has 2 rings (SSSR count). The van der Waals surface area contributed by atoms with Crippen molar-refractivity contribution >= 4 is 43.2 Å². The van der Waals surface area contributed by atoms with E-state index in [1.54, 1.807) is 23.5 Å². The number of hydrogen-bond donors (Lipinski definition) is 1. The Kier molecular flexibility index (Phi) is 5.57. The molecule has 0 spiro atoms. The molecule has 5 heteroatoms. The zero-order valence-electron chi connectivity index (χ0n) is 10.4. The van der Waals surface area contributed by atoms with Gasteiger partial charge in [0.05, 0.1) is 10.5 Å². The number of hydrogen-bond acceptors (Lipinski definition) is 2. The molecule has 1 N–H and O–H groups in total. The summed E-state index contributed by atoms with van der Waals surface area (Å²) in [5.41, 5.74) is 2.09. The van der Waals surface area contributed by atoms with Gasteiger partial charge in [-0.25, -0.2) is 4.39 Å². The van der Waals surface area contributed by atoms with Gasteiger partial charge in [0.25, 0.3) is 0 Å². The molecule has 0 bridgehead atoms. The van der Waals surface area contributed by atoms with Crippen molar-refractivity contribution in [3.05, 3.63) is 54.8 Å². The van der Waals surface area contributed by atoms with Gasteiger partial charge in [-0.2, -0.15) is 11.3 Å². The molecule has 0 saturated heterocycles. The normalized spacial score (nSPS) is 12.6. The molecule has 0 amide bonds. The topological polar surface area (TPSA) is 12.0 Å². The van der Waals surface area contributed by atoms with Crippen LogP contribution in [0.5, 0.6) is 0 Å². The first-order valence-corrected chi connectivity index (χ1v) is 8.56. The lowest BCUT2D eigenvalue weighted by atomic mass is 10.0. The Labute approximate surface area is 133 Å². The van der Waals surface area contributed by atoms with Gasteiger partial charge in [0.15, 0.2) is 0 Å². The highest BCUT2D eigenvalue weighted by molar-refractivity contribution is 9.10. The Hall–Kier alpha value is -0.230. The predicted molar refractivity (Wildman–Crippen MR) is 86.3 cm³/mol. The molecule has 0 saturated carbocycles. The Bertz CT molecular complexity index is 556. The minimum Gasteiger partial charge on any atom is -0.306 e. The van der Waals surface area contributed by atoms with Gasteiger partial charge < -0.3 is 5.32 Å². The lowest BCUT2D eigenvalue weighted by molar-refractivity contribution is 0.583.